The molecule has 0 aromatic carbocycles. The Bertz CT molecular complexity index is 407. The van der Waals surface area contributed by atoms with Gasteiger partial charge in [0.05, 0.1) is 17.7 Å². The van der Waals surface area contributed by atoms with Gasteiger partial charge in [0.15, 0.2) is 0 Å². The van der Waals surface area contributed by atoms with E-state index in [0.29, 0.717) is 5.82 Å². The van der Waals surface area contributed by atoms with Crippen molar-refractivity contribution in [1.29, 1.82) is 0 Å². The summed E-state index contributed by atoms with van der Waals surface area (Å²) in [5.74, 6) is 0.607. The summed E-state index contributed by atoms with van der Waals surface area (Å²) in [7, 11) is 0. The molecule has 0 bridgehead atoms. The number of nitrogens with one attached hydrogen (secondary N) is 1. The van der Waals surface area contributed by atoms with Gasteiger partial charge in [-0.1, -0.05) is 0 Å². The van der Waals surface area contributed by atoms with Gasteiger partial charge < -0.3 is 11.1 Å². The first kappa shape index (κ1) is 9.42. The van der Waals surface area contributed by atoms with Gasteiger partial charge in [-0.25, -0.2) is 4.98 Å². The molecular formula is C8H10N4S2. The summed E-state index contributed by atoms with van der Waals surface area (Å²) in [5, 5.41) is 6.30. The highest BCUT2D eigenvalue weighted by molar-refractivity contribution is 7.10. The molecule has 0 unspecified atom stereocenters. The first-order valence-electron chi connectivity index (χ1n) is 4.10. The largest absolute Gasteiger partial charge is 0.383 e. The van der Waals surface area contributed by atoms with Crippen molar-refractivity contribution >= 4 is 33.7 Å². The summed E-state index contributed by atoms with van der Waals surface area (Å²) in [4.78, 5) is 4.18. The van der Waals surface area contributed by atoms with E-state index in [-0.39, 0.29) is 0 Å². The Morgan fingerprint density at radius 1 is 1.57 bits per heavy atom. The van der Waals surface area contributed by atoms with Gasteiger partial charge in [-0.3, -0.25) is 0 Å². The predicted molar refractivity (Wildman–Crippen MR) is 60.7 cm³/mol. The average molecular weight is 226 g/mol. The topological polar surface area (TPSA) is 63.8 Å². The molecule has 2 aromatic heterocycles. The molecule has 74 valence electrons. The molecule has 0 radical (unpaired) electrons. The minimum Gasteiger partial charge on any atom is -0.383 e. The Morgan fingerprint density at radius 2 is 2.43 bits per heavy atom. The van der Waals surface area contributed by atoms with E-state index in [4.69, 9.17) is 5.73 Å². The molecule has 2 aromatic rings. The Morgan fingerprint density at radius 3 is 3.00 bits per heavy atom. The fourth-order valence-corrected chi connectivity index (χ4v) is 2.27. The third-order valence-corrected chi connectivity index (χ3v) is 3.43. The fourth-order valence-electron chi connectivity index (χ4n) is 1.01. The molecule has 14 heavy (non-hydrogen) atoms. The van der Waals surface area contributed by atoms with Crippen LogP contribution in [0.25, 0.3) is 0 Å². The van der Waals surface area contributed by atoms with Gasteiger partial charge in [0.2, 0.25) is 0 Å². The maximum Gasteiger partial charge on any atom is 0.142 e. The smallest absolute Gasteiger partial charge is 0.142 e. The van der Waals surface area contributed by atoms with Crippen molar-refractivity contribution in [1.82, 2.24) is 9.36 Å². The van der Waals surface area contributed by atoms with Gasteiger partial charge in [0.1, 0.15) is 10.8 Å². The molecule has 0 atom stereocenters. The second-order valence-electron chi connectivity index (χ2n) is 2.86. The SMILES string of the molecule is Cc1c(N)nsc1NCc1cscn1. The van der Waals surface area contributed by atoms with Gasteiger partial charge in [-0.05, 0) is 18.5 Å². The van der Waals surface area contributed by atoms with Crippen molar-refractivity contribution in [3.63, 3.8) is 0 Å². The van der Waals surface area contributed by atoms with Gasteiger partial charge in [-0.15, -0.1) is 11.3 Å². The lowest BCUT2D eigenvalue weighted by Crippen LogP contribution is -1.99. The van der Waals surface area contributed by atoms with Crippen molar-refractivity contribution in [3.8, 4) is 0 Å². The lowest BCUT2D eigenvalue weighted by Gasteiger charge is -2.01. The molecule has 6 heteroatoms. The summed E-state index contributed by atoms with van der Waals surface area (Å²) in [5.41, 5.74) is 9.52. The summed E-state index contributed by atoms with van der Waals surface area (Å²) in [6.07, 6.45) is 0. The van der Waals surface area contributed by atoms with Gasteiger partial charge >= 0.3 is 0 Å². The Labute approximate surface area is 90.0 Å². The van der Waals surface area contributed by atoms with Gasteiger partial charge in [-0.2, -0.15) is 4.37 Å². The van der Waals surface area contributed by atoms with Crippen LogP contribution >= 0.6 is 22.9 Å². The average Bonchev–Trinajstić information content (AvgIpc) is 2.77. The number of nitrogens with two attached hydrogens (primary N) is 1. The lowest BCUT2D eigenvalue weighted by molar-refractivity contribution is 1.08. The quantitative estimate of drug-likeness (QED) is 0.841. The minimum atomic E-state index is 0.607. The third kappa shape index (κ3) is 1.85. The number of nitrogen functional groups attached to an aromatic ring is 1. The molecule has 2 heterocycles. The monoisotopic (exact) mass is 226 g/mol. The number of hydrogen-bond donors (Lipinski definition) is 2. The van der Waals surface area contributed by atoms with E-state index in [2.05, 4.69) is 14.7 Å². The molecule has 0 saturated heterocycles. The van der Waals surface area contributed by atoms with E-state index in [9.17, 15) is 0 Å². The third-order valence-electron chi connectivity index (χ3n) is 1.87. The zero-order chi connectivity index (χ0) is 9.97. The normalized spacial score (nSPS) is 10.4. The van der Waals surface area contributed by atoms with Crippen molar-refractivity contribution < 1.29 is 0 Å². The number of aromatic nitrogens is 2. The maximum atomic E-state index is 5.64. The van der Waals surface area contributed by atoms with Crippen molar-refractivity contribution in [2.75, 3.05) is 11.1 Å². The second-order valence-corrected chi connectivity index (χ2v) is 4.35. The van der Waals surface area contributed by atoms with Crippen LogP contribution in [0.2, 0.25) is 0 Å². The van der Waals surface area contributed by atoms with Crippen molar-refractivity contribution in [2.24, 2.45) is 0 Å². The van der Waals surface area contributed by atoms with E-state index >= 15 is 0 Å². The standard InChI is InChI=1S/C8H10N4S2/c1-5-7(9)12-14-8(5)10-2-6-3-13-4-11-6/h3-4,10H,2H2,1H3,(H2,9,12). The molecule has 4 nitrogen and oxygen atoms in total. The van der Waals surface area contributed by atoms with Crippen LogP contribution in [0.3, 0.4) is 0 Å². The highest BCUT2D eigenvalue weighted by atomic mass is 32.1. The van der Waals surface area contributed by atoms with Crippen LogP contribution in [0.5, 0.6) is 0 Å². The summed E-state index contributed by atoms with van der Waals surface area (Å²) in [6.45, 7) is 2.69. The maximum absolute atomic E-state index is 5.64. The van der Waals surface area contributed by atoms with Crippen molar-refractivity contribution in [2.45, 2.75) is 13.5 Å². The molecule has 0 aliphatic rings. The van der Waals surface area contributed by atoms with E-state index in [1.165, 1.54) is 11.5 Å². The Hall–Kier alpha value is -1.14. The van der Waals surface area contributed by atoms with Gasteiger partial charge in [0.25, 0.3) is 0 Å². The van der Waals surface area contributed by atoms with Gasteiger partial charge in [0, 0.05) is 10.9 Å². The van der Waals surface area contributed by atoms with E-state index in [0.717, 1.165) is 22.8 Å². The summed E-state index contributed by atoms with van der Waals surface area (Å²) < 4.78 is 4.06. The number of nitrogens with zero attached hydrogens (tertiary/aromatic N) is 2. The predicted octanol–water partition coefficient (Wildman–Crippen LogP) is 2.10. The molecule has 0 aliphatic carbocycles. The molecule has 0 amide bonds. The van der Waals surface area contributed by atoms with Crippen LogP contribution in [-0.4, -0.2) is 9.36 Å². The van der Waals surface area contributed by atoms with E-state index in [1.54, 1.807) is 11.3 Å². The summed E-state index contributed by atoms with van der Waals surface area (Å²) in [6, 6.07) is 0. The van der Waals surface area contributed by atoms with Crippen LogP contribution in [0.1, 0.15) is 11.3 Å². The molecule has 0 spiro atoms. The van der Waals surface area contributed by atoms with Crippen molar-refractivity contribution in [3.05, 3.63) is 22.1 Å². The minimum absolute atomic E-state index is 0.607. The van der Waals surface area contributed by atoms with Crippen LogP contribution in [0.15, 0.2) is 10.9 Å². The van der Waals surface area contributed by atoms with Crippen LogP contribution in [-0.2, 0) is 6.54 Å². The zero-order valence-corrected chi connectivity index (χ0v) is 9.28. The number of thiazole rings is 1. The number of hydrogen-bond acceptors (Lipinski definition) is 6. The van der Waals surface area contributed by atoms with E-state index < -0.39 is 0 Å². The first-order valence-corrected chi connectivity index (χ1v) is 5.81. The number of anilines is 2. The Balaban J connectivity index is 2.02. The molecule has 0 aliphatic heterocycles. The van der Waals surface area contributed by atoms with Crippen LogP contribution in [0, 0.1) is 6.92 Å². The van der Waals surface area contributed by atoms with Crippen LogP contribution < -0.4 is 11.1 Å². The highest BCUT2D eigenvalue weighted by Crippen LogP contribution is 2.25. The lowest BCUT2D eigenvalue weighted by atomic mass is 10.3. The first-order chi connectivity index (χ1) is 6.77. The molecule has 0 saturated carbocycles. The number of rotatable bonds is 3. The second kappa shape index (κ2) is 3.93. The molecule has 2 rings (SSSR count). The highest BCUT2D eigenvalue weighted by Gasteiger charge is 2.05. The molecular weight excluding hydrogens is 216 g/mol. The summed E-state index contributed by atoms with van der Waals surface area (Å²) >= 11 is 2.98. The molecule has 3 N–H and O–H groups in total. The fraction of sp³-hybridized carbons (Fsp3) is 0.250. The molecule has 0 fully saturated rings. The van der Waals surface area contributed by atoms with E-state index in [1.807, 2.05) is 17.8 Å². The van der Waals surface area contributed by atoms with Crippen LogP contribution in [0.4, 0.5) is 10.8 Å². The Kier molecular flexibility index (Phi) is 2.64. The zero-order valence-electron chi connectivity index (χ0n) is 7.65.